The second-order valence-corrected chi connectivity index (χ2v) is 6.56. The summed E-state index contributed by atoms with van der Waals surface area (Å²) in [6, 6.07) is 14.4. The third-order valence-electron chi connectivity index (χ3n) is 4.06. The Labute approximate surface area is 148 Å². The molecule has 0 radical (unpaired) electrons. The summed E-state index contributed by atoms with van der Waals surface area (Å²) in [7, 11) is 1.23. The van der Waals surface area contributed by atoms with Gasteiger partial charge in [0.25, 0.3) is 0 Å². The largest absolute Gasteiger partial charge is 0.467 e. The van der Waals surface area contributed by atoms with E-state index in [1.807, 2.05) is 44.2 Å². The van der Waals surface area contributed by atoms with Crippen molar-refractivity contribution in [2.45, 2.75) is 25.8 Å². The molecule has 0 aliphatic rings. The van der Waals surface area contributed by atoms with Crippen molar-refractivity contribution < 1.29 is 14.3 Å². The fourth-order valence-electron chi connectivity index (χ4n) is 2.95. The normalized spacial score (nSPS) is 13.3. The van der Waals surface area contributed by atoms with Crippen molar-refractivity contribution in [2.24, 2.45) is 11.7 Å². The van der Waals surface area contributed by atoms with Crippen molar-refractivity contribution in [3.05, 3.63) is 54.1 Å². The molecule has 0 amide bonds. The quantitative estimate of drug-likeness (QED) is 0.365. The van der Waals surface area contributed by atoms with E-state index in [1.165, 1.54) is 7.11 Å². The molecule has 0 saturated heterocycles. The Morgan fingerprint density at radius 2 is 1.76 bits per heavy atom. The Morgan fingerprint density at radius 1 is 1.12 bits per heavy atom. The number of esters is 1. The van der Waals surface area contributed by atoms with Crippen molar-refractivity contribution in [1.29, 1.82) is 0 Å². The average molecular weight is 340 g/mol. The summed E-state index contributed by atoms with van der Waals surface area (Å²) >= 11 is 0. The molecule has 2 rings (SSSR count). The predicted molar refractivity (Wildman–Crippen MR) is 99.0 cm³/mol. The first-order valence-electron chi connectivity index (χ1n) is 8.16. The lowest BCUT2D eigenvalue weighted by atomic mass is 9.80. The fraction of sp³-hybridized carbons (Fsp3) is 0.300. The van der Waals surface area contributed by atoms with Crippen LogP contribution < -0.4 is 11.5 Å². The zero-order valence-electron chi connectivity index (χ0n) is 14.8. The highest BCUT2D eigenvalue weighted by molar-refractivity contribution is 6.18. The summed E-state index contributed by atoms with van der Waals surface area (Å²) in [5.41, 5.74) is 12.8. The number of ether oxygens (including phenoxy) is 1. The molecule has 2 aromatic carbocycles. The van der Waals surface area contributed by atoms with E-state index in [4.69, 9.17) is 16.2 Å². The Balaban J connectivity index is 2.60. The topological polar surface area (TPSA) is 95.4 Å². The number of rotatable bonds is 6. The Kier molecular flexibility index (Phi) is 5.59. The minimum Gasteiger partial charge on any atom is -0.467 e. The molecule has 0 aliphatic carbocycles. The zero-order chi connectivity index (χ0) is 18.6. The summed E-state index contributed by atoms with van der Waals surface area (Å²) in [6.07, 6.45) is 0.192. The SMILES string of the molecule is COC(=O)C(N)(CC(C)C)C(=O)c1ccc(N)cc1-c1ccccc1. The van der Waals surface area contributed by atoms with Gasteiger partial charge in [-0.25, -0.2) is 4.79 Å². The van der Waals surface area contributed by atoms with Crippen LogP contribution in [0.5, 0.6) is 0 Å². The molecule has 0 heterocycles. The number of nitrogens with two attached hydrogens (primary N) is 2. The van der Waals surface area contributed by atoms with Crippen LogP contribution in [0, 0.1) is 5.92 Å². The van der Waals surface area contributed by atoms with Gasteiger partial charge in [0.2, 0.25) is 0 Å². The number of benzene rings is 2. The van der Waals surface area contributed by atoms with Crippen molar-refractivity contribution in [3.63, 3.8) is 0 Å². The summed E-state index contributed by atoms with van der Waals surface area (Å²) in [5, 5.41) is 0. The van der Waals surface area contributed by atoms with E-state index in [0.717, 1.165) is 5.56 Å². The number of hydrogen-bond acceptors (Lipinski definition) is 5. The number of Topliss-reactive ketones (excluding diaryl/α,β-unsaturated/α-hetero) is 1. The summed E-state index contributed by atoms with van der Waals surface area (Å²) in [6.45, 7) is 3.80. The van der Waals surface area contributed by atoms with Gasteiger partial charge in [0, 0.05) is 11.3 Å². The van der Waals surface area contributed by atoms with E-state index in [1.54, 1.807) is 18.2 Å². The second kappa shape index (κ2) is 7.49. The minimum absolute atomic E-state index is 0.0435. The van der Waals surface area contributed by atoms with Gasteiger partial charge < -0.3 is 16.2 Å². The number of carbonyl (C=O) groups excluding carboxylic acids is 2. The summed E-state index contributed by atoms with van der Waals surface area (Å²) in [5.74, 6) is -1.16. The molecule has 1 atom stereocenters. The predicted octanol–water partition coefficient (Wildman–Crippen LogP) is 3.04. The van der Waals surface area contributed by atoms with Gasteiger partial charge >= 0.3 is 5.97 Å². The van der Waals surface area contributed by atoms with Crippen molar-refractivity contribution in [1.82, 2.24) is 0 Å². The molecule has 0 aromatic heterocycles. The van der Waals surface area contributed by atoms with Gasteiger partial charge in [-0.05, 0) is 41.7 Å². The number of anilines is 1. The van der Waals surface area contributed by atoms with Gasteiger partial charge in [-0.3, -0.25) is 4.79 Å². The standard InChI is InChI=1S/C20H24N2O3/c1-13(2)12-20(22,19(24)25-3)18(23)16-10-9-15(21)11-17(16)14-7-5-4-6-8-14/h4-11,13H,12,21-22H2,1-3H3. The summed E-state index contributed by atoms with van der Waals surface area (Å²) in [4.78, 5) is 25.5. The molecule has 2 aromatic rings. The highest BCUT2D eigenvalue weighted by atomic mass is 16.5. The first-order chi connectivity index (χ1) is 11.8. The minimum atomic E-state index is -1.73. The van der Waals surface area contributed by atoms with E-state index >= 15 is 0 Å². The van der Waals surface area contributed by atoms with E-state index < -0.39 is 17.3 Å². The molecular weight excluding hydrogens is 316 g/mol. The van der Waals surface area contributed by atoms with Crippen LogP contribution >= 0.6 is 0 Å². The Hall–Kier alpha value is -2.66. The van der Waals surface area contributed by atoms with Gasteiger partial charge in [-0.1, -0.05) is 44.2 Å². The second-order valence-electron chi connectivity index (χ2n) is 6.56. The van der Waals surface area contributed by atoms with Crippen LogP contribution in [-0.4, -0.2) is 24.4 Å². The molecule has 0 aliphatic heterocycles. The van der Waals surface area contributed by atoms with Crippen LogP contribution in [0.3, 0.4) is 0 Å². The molecule has 5 heteroatoms. The van der Waals surface area contributed by atoms with Gasteiger partial charge in [0.1, 0.15) is 0 Å². The zero-order valence-corrected chi connectivity index (χ0v) is 14.8. The molecule has 4 N–H and O–H groups in total. The molecule has 0 fully saturated rings. The first-order valence-corrected chi connectivity index (χ1v) is 8.16. The van der Waals surface area contributed by atoms with E-state index in [9.17, 15) is 9.59 Å². The highest BCUT2D eigenvalue weighted by Gasteiger charge is 2.44. The van der Waals surface area contributed by atoms with Gasteiger partial charge in [-0.15, -0.1) is 0 Å². The number of carbonyl (C=O) groups is 2. The molecule has 132 valence electrons. The van der Waals surface area contributed by atoms with Crippen LogP contribution in [0.1, 0.15) is 30.6 Å². The maximum absolute atomic E-state index is 13.2. The van der Waals surface area contributed by atoms with Gasteiger partial charge in [0.15, 0.2) is 11.3 Å². The lowest BCUT2D eigenvalue weighted by Crippen LogP contribution is -2.56. The monoisotopic (exact) mass is 340 g/mol. The fourth-order valence-corrected chi connectivity index (χ4v) is 2.95. The van der Waals surface area contributed by atoms with E-state index in [-0.39, 0.29) is 12.3 Å². The van der Waals surface area contributed by atoms with Crippen LogP contribution in [0.15, 0.2) is 48.5 Å². The van der Waals surface area contributed by atoms with Crippen molar-refractivity contribution in [2.75, 3.05) is 12.8 Å². The molecular formula is C20H24N2O3. The number of methoxy groups -OCH3 is 1. The van der Waals surface area contributed by atoms with Crippen molar-refractivity contribution >= 4 is 17.4 Å². The van der Waals surface area contributed by atoms with Crippen LogP contribution in [-0.2, 0) is 9.53 Å². The lowest BCUT2D eigenvalue weighted by Gasteiger charge is -2.27. The molecule has 25 heavy (non-hydrogen) atoms. The van der Waals surface area contributed by atoms with Crippen LogP contribution in [0.25, 0.3) is 11.1 Å². The maximum atomic E-state index is 13.2. The molecule has 0 bridgehead atoms. The molecule has 5 nitrogen and oxygen atoms in total. The van der Waals surface area contributed by atoms with Gasteiger partial charge in [0.05, 0.1) is 7.11 Å². The molecule has 0 spiro atoms. The Bertz CT molecular complexity index is 772. The number of ketones is 1. The molecule has 1 unspecified atom stereocenters. The molecule has 0 saturated carbocycles. The van der Waals surface area contributed by atoms with E-state index in [0.29, 0.717) is 16.8 Å². The van der Waals surface area contributed by atoms with Crippen molar-refractivity contribution in [3.8, 4) is 11.1 Å². The Morgan fingerprint density at radius 3 is 2.32 bits per heavy atom. The third kappa shape index (κ3) is 3.88. The van der Waals surface area contributed by atoms with Crippen LogP contribution in [0.2, 0.25) is 0 Å². The summed E-state index contributed by atoms with van der Waals surface area (Å²) < 4.78 is 4.82. The third-order valence-corrected chi connectivity index (χ3v) is 4.06. The number of nitrogen functional groups attached to an aromatic ring is 1. The maximum Gasteiger partial charge on any atom is 0.334 e. The van der Waals surface area contributed by atoms with Crippen LogP contribution in [0.4, 0.5) is 5.69 Å². The first kappa shape index (κ1) is 18.7. The van der Waals surface area contributed by atoms with Gasteiger partial charge in [-0.2, -0.15) is 0 Å². The smallest absolute Gasteiger partial charge is 0.334 e. The van der Waals surface area contributed by atoms with E-state index in [2.05, 4.69) is 0 Å². The number of hydrogen-bond donors (Lipinski definition) is 2. The highest BCUT2D eigenvalue weighted by Crippen LogP contribution is 2.30. The lowest BCUT2D eigenvalue weighted by molar-refractivity contribution is -0.145. The average Bonchev–Trinajstić information content (AvgIpc) is 2.60.